The lowest BCUT2D eigenvalue weighted by Crippen LogP contribution is -3.00. The fraction of sp³-hybridized carbons (Fsp3) is 0.200. The average Bonchev–Trinajstić information content (AvgIpc) is 3.15. The summed E-state index contributed by atoms with van der Waals surface area (Å²) in [5.74, 6) is 0.982. The molecule has 3 aromatic rings. The van der Waals surface area contributed by atoms with Gasteiger partial charge in [0, 0.05) is 23.5 Å². The van der Waals surface area contributed by atoms with Crippen molar-refractivity contribution in [1.29, 1.82) is 0 Å². The highest BCUT2D eigenvalue weighted by Crippen LogP contribution is 2.29. The quantitative estimate of drug-likeness (QED) is 0.633. The highest BCUT2D eigenvalue weighted by atomic mass is 35.5. The van der Waals surface area contributed by atoms with Crippen LogP contribution in [0.15, 0.2) is 60.0 Å². The number of rotatable bonds is 8. The number of hydrogen-bond acceptors (Lipinski definition) is 4. The molecule has 3 rings (SSSR count). The molecule has 1 heterocycles. The van der Waals surface area contributed by atoms with Gasteiger partial charge in [-0.3, -0.25) is 0 Å². The molecule has 0 atom stereocenters. The highest BCUT2D eigenvalue weighted by molar-refractivity contribution is 7.09. The Bertz CT molecular complexity index is 811. The SMILES string of the molecule is COc1cc(CNCc2cccs2)ccc1OCc1ccccc1F.[Cl-]. The second kappa shape index (κ2) is 10.2. The van der Waals surface area contributed by atoms with E-state index in [2.05, 4.69) is 16.8 Å². The van der Waals surface area contributed by atoms with Crippen LogP contribution in [0.25, 0.3) is 0 Å². The van der Waals surface area contributed by atoms with Gasteiger partial charge in [0.2, 0.25) is 0 Å². The molecule has 0 fully saturated rings. The minimum atomic E-state index is -0.268. The Morgan fingerprint density at radius 1 is 1.00 bits per heavy atom. The number of nitrogens with one attached hydrogen (secondary N) is 1. The van der Waals surface area contributed by atoms with Crippen LogP contribution in [0.3, 0.4) is 0 Å². The van der Waals surface area contributed by atoms with Gasteiger partial charge in [0.15, 0.2) is 11.5 Å². The van der Waals surface area contributed by atoms with Crippen LogP contribution in [0.2, 0.25) is 0 Å². The molecule has 0 aliphatic rings. The fourth-order valence-corrected chi connectivity index (χ4v) is 3.13. The largest absolute Gasteiger partial charge is 1.00 e. The van der Waals surface area contributed by atoms with E-state index in [9.17, 15) is 4.39 Å². The number of thiophene rings is 1. The Kier molecular flexibility index (Phi) is 7.91. The van der Waals surface area contributed by atoms with E-state index in [-0.39, 0.29) is 24.8 Å². The summed E-state index contributed by atoms with van der Waals surface area (Å²) < 4.78 is 24.8. The zero-order chi connectivity index (χ0) is 17.5. The second-order valence-electron chi connectivity index (χ2n) is 5.55. The van der Waals surface area contributed by atoms with Crippen molar-refractivity contribution >= 4 is 11.3 Å². The highest BCUT2D eigenvalue weighted by Gasteiger charge is 2.08. The van der Waals surface area contributed by atoms with E-state index >= 15 is 0 Å². The van der Waals surface area contributed by atoms with Crippen molar-refractivity contribution < 1.29 is 26.3 Å². The van der Waals surface area contributed by atoms with Crippen LogP contribution in [0, 0.1) is 5.82 Å². The minimum Gasteiger partial charge on any atom is -1.00 e. The van der Waals surface area contributed by atoms with Gasteiger partial charge < -0.3 is 27.2 Å². The lowest BCUT2D eigenvalue weighted by molar-refractivity contribution is -0.00000618. The first kappa shape index (κ1) is 20.2. The van der Waals surface area contributed by atoms with Crippen molar-refractivity contribution in [2.24, 2.45) is 0 Å². The molecule has 0 unspecified atom stereocenters. The Hall–Kier alpha value is -2.08. The summed E-state index contributed by atoms with van der Waals surface area (Å²) in [4.78, 5) is 1.30. The Morgan fingerprint density at radius 3 is 2.58 bits per heavy atom. The first-order valence-corrected chi connectivity index (χ1v) is 8.90. The van der Waals surface area contributed by atoms with Gasteiger partial charge >= 0.3 is 0 Å². The van der Waals surface area contributed by atoms with Crippen molar-refractivity contribution in [3.05, 3.63) is 81.8 Å². The van der Waals surface area contributed by atoms with Crippen LogP contribution < -0.4 is 27.2 Å². The number of halogens is 2. The lowest BCUT2D eigenvalue weighted by atomic mass is 10.2. The number of ether oxygens (including phenoxy) is 2. The zero-order valence-corrected chi connectivity index (χ0v) is 15.9. The molecule has 138 valence electrons. The summed E-state index contributed by atoms with van der Waals surface area (Å²) in [7, 11) is 1.61. The van der Waals surface area contributed by atoms with Gasteiger partial charge in [-0.1, -0.05) is 30.3 Å². The standard InChI is InChI=1S/C20H20FNO2S.ClH/c1-23-20-11-15(12-22-13-17-6-4-10-25-17)8-9-19(20)24-14-16-5-2-3-7-18(16)21;/h2-11,22H,12-14H2,1H3;1H/p-1. The van der Waals surface area contributed by atoms with Crippen molar-refractivity contribution in [3.8, 4) is 11.5 Å². The van der Waals surface area contributed by atoms with Gasteiger partial charge in [-0.2, -0.15) is 0 Å². The van der Waals surface area contributed by atoms with Gasteiger partial charge in [0.1, 0.15) is 12.4 Å². The van der Waals surface area contributed by atoms with Crippen molar-refractivity contribution in [2.75, 3.05) is 7.11 Å². The third-order valence-electron chi connectivity index (χ3n) is 3.78. The molecule has 0 bridgehead atoms. The maximum absolute atomic E-state index is 13.7. The summed E-state index contributed by atoms with van der Waals surface area (Å²) in [6, 6.07) is 16.5. The molecular formula is C20H20ClFNO2S-. The molecule has 0 amide bonds. The normalized spacial score (nSPS) is 10.2. The molecule has 1 aromatic heterocycles. The molecule has 2 aromatic carbocycles. The van der Waals surface area contributed by atoms with Crippen molar-refractivity contribution in [3.63, 3.8) is 0 Å². The lowest BCUT2D eigenvalue weighted by Gasteiger charge is -2.13. The molecule has 0 saturated carbocycles. The molecule has 0 spiro atoms. The zero-order valence-electron chi connectivity index (χ0n) is 14.4. The van der Waals surface area contributed by atoms with E-state index in [1.165, 1.54) is 10.9 Å². The molecule has 0 radical (unpaired) electrons. The van der Waals surface area contributed by atoms with Gasteiger partial charge in [-0.15, -0.1) is 11.3 Å². The smallest absolute Gasteiger partial charge is 0.161 e. The predicted molar refractivity (Wildman–Crippen MR) is 98.6 cm³/mol. The summed E-state index contributed by atoms with van der Waals surface area (Å²) >= 11 is 1.74. The first-order valence-electron chi connectivity index (χ1n) is 8.02. The van der Waals surface area contributed by atoms with Crippen LogP contribution in [-0.4, -0.2) is 7.11 Å². The number of methoxy groups -OCH3 is 1. The van der Waals surface area contributed by atoms with E-state index in [1.54, 1.807) is 36.6 Å². The van der Waals surface area contributed by atoms with Crippen LogP contribution in [0.5, 0.6) is 11.5 Å². The van der Waals surface area contributed by atoms with Gasteiger partial charge in [0.05, 0.1) is 7.11 Å². The maximum Gasteiger partial charge on any atom is 0.161 e. The van der Waals surface area contributed by atoms with Crippen LogP contribution in [0.4, 0.5) is 4.39 Å². The Balaban J connectivity index is 0.00000243. The third kappa shape index (κ3) is 5.46. The molecule has 0 aliphatic heterocycles. The minimum absolute atomic E-state index is 0. The number of hydrogen-bond donors (Lipinski definition) is 1. The van der Waals surface area contributed by atoms with E-state index in [4.69, 9.17) is 9.47 Å². The van der Waals surface area contributed by atoms with Crippen LogP contribution in [-0.2, 0) is 19.7 Å². The van der Waals surface area contributed by atoms with Crippen molar-refractivity contribution in [2.45, 2.75) is 19.7 Å². The van der Waals surface area contributed by atoms with Gasteiger partial charge in [0.25, 0.3) is 0 Å². The predicted octanol–water partition coefficient (Wildman–Crippen LogP) is 1.77. The van der Waals surface area contributed by atoms with E-state index in [0.29, 0.717) is 17.1 Å². The molecule has 6 heteroatoms. The van der Waals surface area contributed by atoms with Crippen LogP contribution >= 0.6 is 11.3 Å². The van der Waals surface area contributed by atoms with Gasteiger partial charge in [-0.25, -0.2) is 4.39 Å². The first-order chi connectivity index (χ1) is 12.3. The summed E-state index contributed by atoms with van der Waals surface area (Å²) in [5, 5.41) is 5.48. The fourth-order valence-electron chi connectivity index (χ4n) is 2.46. The number of benzene rings is 2. The Morgan fingerprint density at radius 2 is 1.85 bits per heavy atom. The topological polar surface area (TPSA) is 30.5 Å². The average molecular weight is 393 g/mol. The molecule has 26 heavy (non-hydrogen) atoms. The molecule has 0 saturated heterocycles. The molecule has 1 N–H and O–H groups in total. The molecular weight excluding hydrogens is 373 g/mol. The summed E-state index contributed by atoms with van der Waals surface area (Å²) in [6.45, 7) is 1.74. The maximum atomic E-state index is 13.7. The van der Waals surface area contributed by atoms with E-state index in [0.717, 1.165) is 18.7 Å². The monoisotopic (exact) mass is 392 g/mol. The Labute approximate surface area is 163 Å². The van der Waals surface area contributed by atoms with E-state index in [1.807, 2.05) is 24.3 Å². The molecule has 3 nitrogen and oxygen atoms in total. The second-order valence-corrected chi connectivity index (χ2v) is 6.58. The molecule has 0 aliphatic carbocycles. The summed E-state index contributed by atoms with van der Waals surface area (Å²) in [6.07, 6.45) is 0. The van der Waals surface area contributed by atoms with Crippen LogP contribution in [0.1, 0.15) is 16.0 Å². The van der Waals surface area contributed by atoms with Crippen molar-refractivity contribution in [1.82, 2.24) is 5.32 Å². The van der Waals surface area contributed by atoms with E-state index < -0.39 is 0 Å². The van der Waals surface area contributed by atoms with Gasteiger partial charge in [-0.05, 0) is 35.2 Å². The third-order valence-corrected chi connectivity index (χ3v) is 4.65. The summed E-state index contributed by atoms with van der Waals surface area (Å²) in [5.41, 5.74) is 1.62.